The molecule has 2 aromatic heterocycles. The van der Waals surface area contributed by atoms with Crippen LogP contribution in [0.5, 0.6) is 0 Å². The van der Waals surface area contributed by atoms with Crippen molar-refractivity contribution in [2.75, 3.05) is 26.2 Å². The number of unbranched alkanes of at least 4 members (excludes halogenated alkanes) is 2. The Bertz CT molecular complexity index is 1700. The van der Waals surface area contributed by atoms with E-state index in [4.69, 9.17) is 0 Å². The van der Waals surface area contributed by atoms with Crippen LogP contribution >= 0.6 is 0 Å². The maximum absolute atomic E-state index is 13.1. The largest absolute Gasteiger partial charge is 2.00 e. The maximum Gasteiger partial charge on any atom is 2.00 e. The Morgan fingerprint density at radius 3 is 1.44 bits per heavy atom. The van der Waals surface area contributed by atoms with Crippen LogP contribution in [0.15, 0.2) is 46.6 Å². The number of likely N-dealkylation sites (tertiary alicyclic amines) is 2. The molecule has 2 aliphatic heterocycles. The molecule has 4 heterocycles. The van der Waals surface area contributed by atoms with Crippen LogP contribution in [0, 0.1) is 33.9 Å². The summed E-state index contributed by atoms with van der Waals surface area (Å²) >= 11 is 0. The van der Waals surface area contributed by atoms with Crippen molar-refractivity contribution < 1.29 is 48.0 Å². The topological polar surface area (TPSA) is 237 Å². The molecule has 0 bridgehead atoms. The van der Waals surface area contributed by atoms with Crippen molar-refractivity contribution in [1.29, 1.82) is 0 Å². The molecule has 0 unspecified atom stereocenters. The Balaban J connectivity index is 0.000000387. The molecule has 57 heavy (non-hydrogen) atoms. The molecule has 2 aromatic rings. The second-order valence-corrected chi connectivity index (χ2v) is 13.5. The minimum atomic E-state index is -0.821. The summed E-state index contributed by atoms with van der Waals surface area (Å²) in [4.78, 5) is 82.7. The summed E-state index contributed by atoms with van der Waals surface area (Å²) in [6, 6.07) is 2.77. The van der Waals surface area contributed by atoms with Crippen molar-refractivity contribution in [2.45, 2.75) is 90.1 Å². The van der Waals surface area contributed by atoms with Crippen molar-refractivity contribution in [3.63, 3.8) is 0 Å². The zero-order valence-electron chi connectivity index (χ0n) is 32.0. The maximum atomic E-state index is 13.1. The van der Waals surface area contributed by atoms with Crippen LogP contribution in [0.3, 0.4) is 0 Å². The van der Waals surface area contributed by atoms with E-state index in [0.29, 0.717) is 73.9 Å². The van der Waals surface area contributed by atoms with Gasteiger partial charge in [-0.1, -0.05) is 39.5 Å². The van der Waals surface area contributed by atoms with Crippen LogP contribution in [-0.4, -0.2) is 138 Å². The molecular weight excluding hydrogens is 767 g/mol. The van der Waals surface area contributed by atoms with Gasteiger partial charge in [0.25, 0.3) is 11.8 Å². The van der Waals surface area contributed by atoms with E-state index in [1.54, 1.807) is 0 Å². The standard InChI is InChI=1S/2C18H24FN4O5.Mg/c2*1-2-3-5-13(10-21(27)12-24)18(26)22-9-4-6-15(22)17(25)20-16-8-7-14(19)11-23(16)28;/h2*7-8,11-13,15,28H,2-6,9-10H2,1H3;/q2*-1;+2/t13-,15+;13-,15-;/m10./s1. The molecular formula is C36H48F2MgN8O10. The SMILES string of the molecule is CCCC[C@@H](CN([O-])C=O)C(=O)N1CCC[C@H]1C(=O)N=c1ccc(F)cn1O.CCCC[C@H](CN([O-])C=O)C(=O)N1CCC[C@H]1C(=O)N=c1ccc(F)cn1O.[Mg+2]. The molecule has 0 spiro atoms. The van der Waals surface area contributed by atoms with Gasteiger partial charge >= 0.3 is 23.1 Å². The molecule has 4 atom stereocenters. The number of rotatable bonds is 16. The molecule has 0 radical (unpaired) electrons. The molecule has 21 heteroatoms. The summed E-state index contributed by atoms with van der Waals surface area (Å²) in [5.41, 5.74) is -0.306. The van der Waals surface area contributed by atoms with Crippen molar-refractivity contribution in [1.82, 2.24) is 29.4 Å². The average molecular weight is 815 g/mol. The van der Waals surface area contributed by atoms with Crippen LogP contribution in [0.4, 0.5) is 8.78 Å². The van der Waals surface area contributed by atoms with E-state index < -0.39 is 47.4 Å². The molecule has 0 aliphatic carbocycles. The van der Waals surface area contributed by atoms with E-state index in [0.717, 1.165) is 49.5 Å². The summed E-state index contributed by atoms with van der Waals surface area (Å²) in [5, 5.41) is 42.6. The normalized spacial score (nSPS) is 17.9. The smallest absolute Gasteiger partial charge is 0.756 e. The molecule has 18 nitrogen and oxygen atoms in total. The number of nitrogens with zero attached hydrogens (tertiary/aromatic N) is 8. The zero-order chi connectivity index (χ0) is 41.4. The zero-order valence-corrected chi connectivity index (χ0v) is 33.4. The predicted octanol–water partition coefficient (Wildman–Crippen LogP) is 1.71. The third-order valence-electron chi connectivity index (χ3n) is 9.38. The number of hydroxylamine groups is 4. The van der Waals surface area contributed by atoms with E-state index in [9.17, 15) is 58.4 Å². The summed E-state index contributed by atoms with van der Waals surface area (Å²) in [7, 11) is 0. The van der Waals surface area contributed by atoms with Gasteiger partial charge in [-0.15, -0.1) is 0 Å². The number of hydrogen-bond acceptors (Lipinski definition) is 10. The van der Waals surface area contributed by atoms with Gasteiger partial charge in [-0.3, -0.25) is 28.8 Å². The van der Waals surface area contributed by atoms with Gasteiger partial charge in [-0.2, -0.15) is 19.4 Å². The van der Waals surface area contributed by atoms with Crippen LogP contribution in [0.2, 0.25) is 0 Å². The third-order valence-corrected chi connectivity index (χ3v) is 9.38. The summed E-state index contributed by atoms with van der Waals surface area (Å²) in [6.45, 7) is 4.07. The van der Waals surface area contributed by atoms with Gasteiger partial charge in [-0.05, 0) is 62.8 Å². The van der Waals surface area contributed by atoms with Crippen LogP contribution in [-0.2, 0) is 28.8 Å². The van der Waals surface area contributed by atoms with Crippen molar-refractivity contribution in [2.24, 2.45) is 21.8 Å². The number of carbonyl (C=O) groups is 6. The van der Waals surface area contributed by atoms with Gasteiger partial charge in [0.2, 0.25) is 11.8 Å². The number of amides is 6. The summed E-state index contributed by atoms with van der Waals surface area (Å²) < 4.78 is 26.9. The number of aromatic nitrogens is 2. The molecule has 0 aromatic carbocycles. The Morgan fingerprint density at radius 1 is 0.754 bits per heavy atom. The first-order chi connectivity index (χ1) is 26.7. The van der Waals surface area contributed by atoms with E-state index >= 15 is 0 Å². The predicted molar refractivity (Wildman–Crippen MR) is 198 cm³/mol. The van der Waals surface area contributed by atoms with E-state index in [1.807, 2.05) is 13.8 Å². The molecule has 6 amide bonds. The molecule has 2 N–H and O–H groups in total. The minimum absolute atomic E-state index is 0. The summed E-state index contributed by atoms with van der Waals surface area (Å²) in [5.74, 6) is -4.76. The van der Waals surface area contributed by atoms with Crippen LogP contribution in [0.25, 0.3) is 0 Å². The fourth-order valence-electron chi connectivity index (χ4n) is 6.52. The number of halogens is 2. The van der Waals surface area contributed by atoms with E-state index in [2.05, 4.69) is 9.98 Å². The Hall–Kier alpha value is -4.73. The number of hydrogen-bond donors (Lipinski definition) is 2. The van der Waals surface area contributed by atoms with Crippen LogP contribution < -0.4 is 11.0 Å². The first-order valence-corrected chi connectivity index (χ1v) is 18.5. The number of carbonyl (C=O) groups excluding carboxylic acids is 6. The van der Waals surface area contributed by atoms with Crippen molar-refractivity contribution >= 4 is 59.5 Å². The summed E-state index contributed by atoms with van der Waals surface area (Å²) in [6.07, 6.45) is 7.71. The van der Waals surface area contributed by atoms with Gasteiger partial charge in [-0.25, -0.2) is 8.78 Å². The Kier molecular flexibility index (Phi) is 20.5. The van der Waals surface area contributed by atoms with E-state index in [-0.39, 0.29) is 81.9 Å². The molecule has 0 saturated carbocycles. The quantitative estimate of drug-likeness (QED) is 0.108. The first kappa shape index (κ1) is 48.4. The number of pyridine rings is 2. The first-order valence-electron chi connectivity index (χ1n) is 18.5. The molecule has 2 fully saturated rings. The monoisotopic (exact) mass is 814 g/mol. The van der Waals surface area contributed by atoms with Crippen LogP contribution in [0.1, 0.15) is 78.1 Å². The van der Waals surface area contributed by atoms with Gasteiger partial charge < -0.3 is 40.8 Å². The average Bonchev–Trinajstić information content (AvgIpc) is 3.88. The molecule has 2 aliphatic rings. The van der Waals surface area contributed by atoms with Crippen molar-refractivity contribution in [3.8, 4) is 0 Å². The molecule has 2 saturated heterocycles. The van der Waals surface area contributed by atoms with Gasteiger partial charge in [0.05, 0.1) is 24.2 Å². The van der Waals surface area contributed by atoms with E-state index in [1.165, 1.54) is 9.80 Å². The third kappa shape index (κ3) is 14.3. The van der Waals surface area contributed by atoms with Gasteiger partial charge in [0, 0.05) is 26.2 Å². The minimum Gasteiger partial charge on any atom is -0.756 e. The second-order valence-electron chi connectivity index (χ2n) is 13.5. The fourth-order valence-corrected chi connectivity index (χ4v) is 6.52. The fraction of sp³-hybridized carbons (Fsp3) is 0.556. The Morgan fingerprint density at radius 2 is 1.12 bits per heavy atom. The second kappa shape index (κ2) is 24.1. The van der Waals surface area contributed by atoms with Gasteiger partial charge in [0.15, 0.2) is 23.8 Å². The Labute approximate surface area is 343 Å². The molecule has 4 rings (SSSR count). The molecule has 308 valence electrons. The van der Waals surface area contributed by atoms with Crippen molar-refractivity contribution in [3.05, 3.63) is 69.7 Å². The van der Waals surface area contributed by atoms with Gasteiger partial charge in [0.1, 0.15) is 23.7 Å².